The summed E-state index contributed by atoms with van der Waals surface area (Å²) in [5.74, 6) is 1.74. The Morgan fingerprint density at radius 1 is 1.33 bits per heavy atom. The molecule has 0 N–H and O–H groups in total. The molecule has 1 aliphatic rings. The van der Waals surface area contributed by atoms with E-state index >= 15 is 0 Å². The number of hydrogen-bond donors (Lipinski definition) is 0. The molecule has 0 saturated heterocycles. The van der Waals surface area contributed by atoms with Crippen LogP contribution in [0.4, 0.5) is 0 Å². The molecule has 0 aliphatic heterocycles. The zero-order valence-electron chi connectivity index (χ0n) is 7.46. The van der Waals surface area contributed by atoms with E-state index in [4.69, 9.17) is 0 Å². The molecule has 1 unspecified atom stereocenters. The van der Waals surface area contributed by atoms with E-state index in [1.54, 1.807) is 0 Å². The largest absolute Gasteiger partial charge is 0.0985 e. The third kappa shape index (κ3) is 1.29. The van der Waals surface area contributed by atoms with Crippen LogP contribution in [0, 0.1) is 5.92 Å². The maximum absolute atomic E-state index is 3.74. The zero-order chi connectivity index (χ0) is 8.55. The van der Waals surface area contributed by atoms with Gasteiger partial charge in [-0.05, 0) is 29.4 Å². The maximum atomic E-state index is 3.74. The lowest BCUT2D eigenvalue weighted by atomic mass is 10.1. The molecule has 1 saturated carbocycles. The van der Waals surface area contributed by atoms with Crippen molar-refractivity contribution in [2.75, 3.05) is 0 Å². The SMILES string of the molecule is C=Cc1ccc([C@H]2CC2C)cc1. The molecule has 0 bridgehead atoms. The van der Waals surface area contributed by atoms with Gasteiger partial charge in [-0.2, -0.15) is 0 Å². The summed E-state index contributed by atoms with van der Waals surface area (Å²) in [6.45, 7) is 6.05. The van der Waals surface area contributed by atoms with Gasteiger partial charge in [0.05, 0.1) is 0 Å². The minimum absolute atomic E-state index is 0.837. The van der Waals surface area contributed by atoms with Crippen LogP contribution in [0.1, 0.15) is 30.4 Å². The molecule has 0 nitrogen and oxygen atoms in total. The molecular formula is C12H14. The number of rotatable bonds is 2. The zero-order valence-corrected chi connectivity index (χ0v) is 7.46. The van der Waals surface area contributed by atoms with Gasteiger partial charge in [-0.3, -0.25) is 0 Å². The highest BCUT2D eigenvalue weighted by Crippen LogP contribution is 2.46. The highest BCUT2D eigenvalue weighted by Gasteiger charge is 2.33. The highest BCUT2D eigenvalue weighted by molar-refractivity contribution is 5.47. The first-order chi connectivity index (χ1) is 5.81. The standard InChI is InChI=1S/C12H14/c1-3-10-4-6-11(7-5-10)12-8-9(12)2/h3-7,9,12H,1,8H2,2H3/t9?,12-/m0/s1. The summed E-state index contributed by atoms with van der Waals surface area (Å²) in [4.78, 5) is 0. The van der Waals surface area contributed by atoms with Crippen molar-refractivity contribution in [2.24, 2.45) is 5.92 Å². The van der Waals surface area contributed by atoms with Gasteiger partial charge in [0.1, 0.15) is 0 Å². The molecule has 0 radical (unpaired) electrons. The van der Waals surface area contributed by atoms with Crippen molar-refractivity contribution in [3.05, 3.63) is 42.0 Å². The van der Waals surface area contributed by atoms with Crippen LogP contribution in [0.3, 0.4) is 0 Å². The molecule has 0 heterocycles. The van der Waals surface area contributed by atoms with E-state index in [1.165, 1.54) is 17.5 Å². The van der Waals surface area contributed by atoms with Crippen molar-refractivity contribution in [3.63, 3.8) is 0 Å². The summed E-state index contributed by atoms with van der Waals surface area (Å²) in [5.41, 5.74) is 2.71. The molecule has 2 atom stereocenters. The van der Waals surface area contributed by atoms with E-state index in [0.29, 0.717) is 0 Å². The molecule has 12 heavy (non-hydrogen) atoms. The molecule has 1 aromatic rings. The lowest BCUT2D eigenvalue weighted by molar-refractivity contribution is 0.914. The van der Waals surface area contributed by atoms with E-state index in [9.17, 15) is 0 Å². The third-order valence-corrected chi connectivity index (χ3v) is 2.71. The van der Waals surface area contributed by atoms with Crippen LogP contribution in [0.15, 0.2) is 30.8 Å². The van der Waals surface area contributed by atoms with Crippen LogP contribution in [-0.4, -0.2) is 0 Å². The monoisotopic (exact) mass is 158 g/mol. The van der Waals surface area contributed by atoms with E-state index < -0.39 is 0 Å². The fraction of sp³-hybridized carbons (Fsp3) is 0.333. The second kappa shape index (κ2) is 2.78. The maximum Gasteiger partial charge on any atom is -0.0133 e. The molecule has 0 amide bonds. The topological polar surface area (TPSA) is 0 Å². The number of benzene rings is 1. The average Bonchev–Trinajstić information content (AvgIpc) is 2.83. The molecule has 62 valence electrons. The van der Waals surface area contributed by atoms with Crippen molar-refractivity contribution in [1.82, 2.24) is 0 Å². The second-order valence-corrected chi connectivity index (χ2v) is 3.69. The van der Waals surface area contributed by atoms with Crippen LogP contribution in [-0.2, 0) is 0 Å². The molecule has 1 fully saturated rings. The van der Waals surface area contributed by atoms with Crippen molar-refractivity contribution >= 4 is 6.08 Å². The molecule has 0 aromatic heterocycles. The van der Waals surface area contributed by atoms with E-state index in [-0.39, 0.29) is 0 Å². The predicted octanol–water partition coefficient (Wildman–Crippen LogP) is 3.45. The van der Waals surface area contributed by atoms with Gasteiger partial charge in [0.15, 0.2) is 0 Å². The Morgan fingerprint density at radius 2 is 1.92 bits per heavy atom. The van der Waals surface area contributed by atoms with Crippen LogP contribution >= 0.6 is 0 Å². The molecule has 0 heteroatoms. The first-order valence-electron chi connectivity index (χ1n) is 4.53. The first kappa shape index (κ1) is 7.60. The Morgan fingerprint density at radius 3 is 2.33 bits per heavy atom. The molecule has 1 aliphatic carbocycles. The fourth-order valence-electron chi connectivity index (χ4n) is 1.67. The van der Waals surface area contributed by atoms with Gasteiger partial charge >= 0.3 is 0 Å². The molecule has 2 rings (SSSR count). The van der Waals surface area contributed by atoms with Gasteiger partial charge < -0.3 is 0 Å². The Bertz CT molecular complexity index is 281. The summed E-state index contributed by atoms with van der Waals surface area (Å²) >= 11 is 0. The number of hydrogen-bond acceptors (Lipinski definition) is 0. The first-order valence-corrected chi connectivity index (χ1v) is 4.53. The Hall–Kier alpha value is -1.04. The van der Waals surface area contributed by atoms with Crippen LogP contribution < -0.4 is 0 Å². The third-order valence-electron chi connectivity index (χ3n) is 2.71. The lowest BCUT2D eigenvalue weighted by Crippen LogP contribution is -1.80. The molecular weight excluding hydrogens is 144 g/mol. The Kier molecular flexibility index (Phi) is 1.76. The normalized spacial score (nSPS) is 26.8. The van der Waals surface area contributed by atoms with Crippen LogP contribution in [0.2, 0.25) is 0 Å². The van der Waals surface area contributed by atoms with Crippen molar-refractivity contribution < 1.29 is 0 Å². The highest BCUT2D eigenvalue weighted by atomic mass is 14.4. The Labute approximate surface area is 73.9 Å². The van der Waals surface area contributed by atoms with Gasteiger partial charge in [0.2, 0.25) is 0 Å². The van der Waals surface area contributed by atoms with E-state index in [0.717, 1.165) is 11.8 Å². The van der Waals surface area contributed by atoms with Crippen LogP contribution in [0.25, 0.3) is 6.08 Å². The fourth-order valence-corrected chi connectivity index (χ4v) is 1.67. The minimum Gasteiger partial charge on any atom is -0.0985 e. The molecule has 1 aromatic carbocycles. The van der Waals surface area contributed by atoms with Gasteiger partial charge in [-0.15, -0.1) is 0 Å². The quantitative estimate of drug-likeness (QED) is 0.618. The summed E-state index contributed by atoms with van der Waals surface area (Å²) in [5, 5.41) is 0. The summed E-state index contributed by atoms with van der Waals surface area (Å²) < 4.78 is 0. The van der Waals surface area contributed by atoms with Crippen molar-refractivity contribution in [1.29, 1.82) is 0 Å². The summed E-state index contributed by atoms with van der Waals surface area (Å²) in [6.07, 6.45) is 3.26. The summed E-state index contributed by atoms with van der Waals surface area (Å²) in [6, 6.07) is 8.75. The predicted molar refractivity (Wildman–Crippen MR) is 53.1 cm³/mol. The van der Waals surface area contributed by atoms with Crippen LogP contribution in [0.5, 0.6) is 0 Å². The van der Waals surface area contributed by atoms with Gasteiger partial charge in [0, 0.05) is 0 Å². The van der Waals surface area contributed by atoms with Gasteiger partial charge in [-0.1, -0.05) is 43.8 Å². The molecule has 0 spiro atoms. The second-order valence-electron chi connectivity index (χ2n) is 3.69. The van der Waals surface area contributed by atoms with Gasteiger partial charge in [0.25, 0.3) is 0 Å². The van der Waals surface area contributed by atoms with Crippen molar-refractivity contribution in [2.45, 2.75) is 19.3 Å². The van der Waals surface area contributed by atoms with Crippen molar-refractivity contribution in [3.8, 4) is 0 Å². The summed E-state index contributed by atoms with van der Waals surface area (Å²) in [7, 11) is 0. The smallest absolute Gasteiger partial charge is 0.0133 e. The lowest BCUT2D eigenvalue weighted by Gasteiger charge is -1.98. The van der Waals surface area contributed by atoms with E-state index in [1.807, 2.05) is 6.08 Å². The van der Waals surface area contributed by atoms with Gasteiger partial charge in [-0.25, -0.2) is 0 Å². The van der Waals surface area contributed by atoms with E-state index in [2.05, 4.69) is 37.8 Å². The Balaban J connectivity index is 2.19. The average molecular weight is 158 g/mol. The minimum atomic E-state index is 0.837.